The lowest BCUT2D eigenvalue weighted by Gasteiger charge is -2.22. The van der Waals surface area contributed by atoms with Crippen LogP contribution in [0.3, 0.4) is 0 Å². The molecule has 0 aliphatic heterocycles. The minimum atomic E-state index is -0.412. The molecule has 1 aliphatic carbocycles. The molecule has 2 N–H and O–H groups in total. The molecule has 9 heteroatoms. The predicted molar refractivity (Wildman–Crippen MR) is 113 cm³/mol. The molecular weight excluding hydrogens is 399 g/mol. The van der Waals surface area contributed by atoms with Crippen LogP contribution < -0.4 is 10.6 Å². The average Bonchev–Trinajstić information content (AvgIpc) is 3.23. The SMILES string of the molecule is O=C(Cn1nnc(-c2ccccc2NC(=O)c2ccc(F)cc2)n1)NC1CCCCC1. The van der Waals surface area contributed by atoms with E-state index in [2.05, 4.69) is 26.0 Å². The first-order valence-electron chi connectivity index (χ1n) is 10.3. The molecule has 160 valence electrons. The highest BCUT2D eigenvalue weighted by Gasteiger charge is 2.18. The van der Waals surface area contributed by atoms with Crippen molar-refractivity contribution in [2.75, 3.05) is 5.32 Å². The van der Waals surface area contributed by atoms with E-state index in [-0.39, 0.29) is 24.4 Å². The van der Waals surface area contributed by atoms with Crippen molar-refractivity contribution in [3.05, 3.63) is 59.9 Å². The number of hydrogen-bond acceptors (Lipinski definition) is 5. The van der Waals surface area contributed by atoms with Gasteiger partial charge in [0.15, 0.2) is 0 Å². The van der Waals surface area contributed by atoms with Crippen molar-refractivity contribution >= 4 is 17.5 Å². The van der Waals surface area contributed by atoms with Gasteiger partial charge in [0, 0.05) is 17.2 Å². The van der Waals surface area contributed by atoms with Crippen molar-refractivity contribution in [2.45, 2.75) is 44.7 Å². The number of carbonyl (C=O) groups is 2. The molecule has 0 radical (unpaired) electrons. The summed E-state index contributed by atoms with van der Waals surface area (Å²) in [7, 11) is 0. The third-order valence-electron chi connectivity index (χ3n) is 5.23. The van der Waals surface area contributed by atoms with Gasteiger partial charge in [-0.05, 0) is 54.5 Å². The van der Waals surface area contributed by atoms with E-state index in [1.807, 2.05) is 0 Å². The average molecular weight is 422 g/mol. The van der Waals surface area contributed by atoms with Gasteiger partial charge in [0.05, 0.1) is 5.69 Å². The molecule has 0 saturated heterocycles. The fourth-order valence-electron chi connectivity index (χ4n) is 3.65. The predicted octanol–water partition coefficient (Wildman–Crippen LogP) is 3.18. The van der Waals surface area contributed by atoms with Crippen LogP contribution in [0.4, 0.5) is 10.1 Å². The maximum absolute atomic E-state index is 13.1. The minimum Gasteiger partial charge on any atom is -0.352 e. The molecule has 8 nitrogen and oxygen atoms in total. The summed E-state index contributed by atoms with van der Waals surface area (Å²) in [6.07, 6.45) is 5.50. The second kappa shape index (κ2) is 9.46. The number of nitrogens with one attached hydrogen (secondary N) is 2. The maximum atomic E-state index is 13.1. The van der Waals surface area contributed by atoms with Crippen LogP contribution in [0.15, 0.2) is 48.5 Å². The van der Waals surface area contributed by atoms with Gasteiger partial charge in [-0.1, -0.05) is 31.4 Å². The highest BCUT2D eigenvalue weighted by Crippen LogP contribution is 2.25. The molecular formula is C22H23FN6O2. The zero-order valence-electron chi connectivity index (χ0n) is 16.9. The van der Waals surface area contributed by atoms with E-state index in [1.54, 1.807) is 24.3 Å². The third kappa shape index (κ3) is 5.30. The van der Waals surface area contributed by atoms with Crippen molar-refractivity contribution in [1.29, 1.82) is 0 Å². The molecule has 1 fully saturated rings. The number of para-hydroxylation sites is 1. The molecule has 4 rings (SSSR count). The Labute approximate surface area is 178 Å². The van der Waals surface area contributed by atoms with E-state index in [0.717, 1.165) is 25.7 Å². The highest BCUT2D eigenvalue weighted by molar-refractivity contribution is 6.06. The third-order valence-corrected chi connectivity index (χ3v) is 5.23. The number of halogens is 1. The Morgan fingerprint density at radius 3 is 2.55 bits per heavy atom. The summed E-state index contributed by atoms with van der Waals surface area (Å²) in [6.45, 7) is -0.0202. The summed E-state index contributed by atoms with van der Waals surface area (Å²) in [6, 6.07) is 12.5. The molecule has 0 spiro atoms. The quantitative estimate of drug-likeness (QED) is 0.635. The zero-order chi connectivity index (χ0) is 21.6. The summed E-state index contributed by atoms with van der Waals surface area (Å²) < 4.78 is 13.1. The van der Waals surface area contributed by atoms with Gasteiger partial charge >= 0.3 is 0 Å². The molecule has 2 amide bonds. The van der Waals surface area contributed by atoms with Crippen molar-refractivity contribution in [3.63, 3.8) is 0 Å². The first-order chi connectivity index (χ1) is 15.1. The zero-order valence-corrected chi connectivity index (χ0v) is 16.9. The van der Waals surface area contributed by atoms with Crippen molar-refractivity contribution in [2.24, 2.45) is 0 Å². The second-order valence-corrected chi connectivity index (χ2v) is 7.55. The number of hydrogen-bond donors (Lipinski definition) is 2. The fraction of sp³-hybridized carbons (Fsp3) is 0.318. The number of anilines is 1. The van der Waals surface area contributed by atoms with Crippen LogP contribution in [0.5, 0.6) is 0 Å². The summed E-state index contributed by atoms with van der Waals surface area (Å²) in [5.41, 5.74) is 1.38. The monoisotopic (exact) mass is 422 g/mol. The molecule has 0 unspecified atom stereocenters. The van der Waals surface area contributed by atoms with E-state index in [1.165, 1.54) is 35.5 Å². The molecule has 3 aromatic rings. The Morgan fingerprint density at radius 1 is 1.03 bits per heavy atom. The Hall–Kier alpha value is -3.62. The summed E-state index contributed by atoms with van der Waals surface area (Å²) in [4.78, 5) is 26.0. The van der Waals surface area contributed by atoms with Crippen molar-refractivity contribution in [1.82, 2.24) is 25.5 Å². The lowest BCUT2D eigenvalue weighted by molar-refractivity contribution is -0.123. The van der Waals surface area contributed by atoms with E-state index in [9.17, 15) is 14.0 Å². The topological polar surface area (TPSA) is 102 Å². The minimum absolute atomic E-state index is 0.0202. The Kier molecular flexibility index (Phi) is 6.30. The van der Waals surface area contributed by atoms with Crippen LogP contribution in [0.25, 0.3) is 11.4 Å². The van der Waals surface area contributed by atoms with Crippen LogP contribution in [0.1, 0.15) is 42.5 Å². The van der Waals surface area contributed by atoms with Gasteiger partial charge in [0.1, 0.15) is 12.4 Å². The van der Waals surface area contributed by atoms with Crippen molar-refractivity contribution in [3.8, 4) is 11.4 Å². The Bertz CT molecular complexity index is 1060. The van der Waals surface area contributed by atoms with E-state index >= 15 is 0 Å². The molecule has 1 aliphatic rings. The van der Waals surface area contributed by atoms with E-state index < -0.39 is 5.82 Å². The Balaban J connectivity index is 1.44. The standard InChI is InChI=1S/C22H23FN6O2/c23-16-12-10-15(11-13-16)22(31)25-19-9-5-4-8-18(19)21-26-28-29(27-21)14-20(30)24-17-6-2-1-3-7-17/h4-5,8-13,17H,1-3,6-7,14H2,(H,24,30)(H,25,31). The molecule has 0 atom stereocenters. The first kappa shape index (κ1) is 20.6. The summed E-state index contributed by atoms with van der Waals surface area (Å²) in [5.74, 6) is -0.647. The van der Waals surface area contributed by atoms with Gasteiger partial charge in [0.2, 0.25) is 11.7 Å². The van der Waals surface area contributed by atoms with Gasteiger partial charge < -0.3 is 10.6 Å². The fourth-order valence-corrected chi connectivity index (χ4v) is 3.65. The van der Waals surface area contributed by atoms with Crippen LogP contribution >= 0.6 is 0 Å². The molecule has 2 aromatic carbocycles. The van der Waals surface area contributed by atoms with Crippen LogP contribution in [-0.2, 0) is 11.3 Å². The second-order valence-electron chi connectivity index (χ2n) is 7.55. The van der Waals surface area contributed by atoms with Crippen LogP contribution in [-0.4, -0.2) is 38.1 Å². The number of carbonyl (C=O) groups excluding carboxylic acids is 2. The number of nitrogens with zero attached hydrogens (tertiary/aromatic N) is 4. The van der Waals surface area contributed by atoms with Gasteiger partial charge in [-0.15, -0.1) is 10.2 Å². The lowest BCUT2D eigenvalue weighted by atomic mass is 9.95. The molecule has 1 aromatic heterocycles. The number of tetrazole rings is 1. The van der Waals surface area contributed by atoms with Gasteiger partial charge in [-0.25, -0.2) is 4.39 Å². The van der Waals surface area contributed by atoms with E-state index in [4.69, 9.17) is 0 Å². The molecule has 31 heavy (non-hydrogen) atoms. The smallest absolute Gasteiger partial charge is 0.255 e. The lowest BCUT2D eigenvalue weighted by Crippen LogP contribution is -2.38. The number of amides is 2. The Morgan fingerprint density at radius 2 is 1.77 bits per heavy atom. The summed E-state index contributed by atoms with van der Waals surface area (Å²) in [5, 5.41) is 18.1. The van der Waals surface area contributed by atoms with Gasteiger partial charge in [0.25, 0.3) is 5.91 Å². The van der Waals surface area contributed by atoms with Gasteiger partial charge in [-0.2, -0.15) is 4.80 Å². The number of rotatable bonds is 6. The highest BCUT2D eigenvalue weighted by atomic mass is 19.1. The van der Waals surface area contributed by atoms with Crippen molar-refractivity contribution < 1.29 is 14.0 Å². The normalized spacial score (nSPS) is 14.2. The number of benzene rings is 2. The van der Waals surface area contributed by atoms with Crippen LogP contribution in [0, 0.1) is 5.82 Å². The molecule has 1 saturated carbocycles. The maximum Gasteiger partial charge on any atom is 0.255 e. The largest absolute Gasteiger partial charge is 0.352 e. The molecule has 1 heterocycles. The molecule has 0 bridgehead atoms. The summed E-state index contributed by atoms with van der Waals surface area (Å²) >= 11 is 0. The number of aromatic nitrogens is 4. The van der Waals surface area contributed by atoms with E-state index in [0.29, 0.717) is 22.6 Å². The van der Waals surface area contributed by atoms with Gasteiger partial charge in [-0.3, -0.25) is 9.59 Å². The first-order valence-corrected chi connectivity index (χ1v) is 10.3. The van der Waals surface area contributed by atoms with Crippen LogP contribution in [0.2, 0.25) is 0 Å².